The Morgan fingerprint density at radius 1 is 0.349 bits per heavy atom. The molecule has 0 saturated carbocycles. The van der Waals surface area contributed by atoms with E-state index in [0.717, 1.165) is 11.3 Å². The van der Waals surface area contributed by atoms with Gasteiger partial charge >= 0.3 is 23.9 Å². The maximum atomic E-state index is 14.5. The molecule has 45 nitrogen and oxygen atoms in total. The van der Waals surface area contributed by atoms with Crippen molar-refractivity contribution in [1.29, 1.82) is 0 Å². The van der Waals surface area contributed by atoms with E-state index >= 15 is 0 Å². The number of nitrogens with two attached hydrogens (primary N) is 4. The highest BCUT2D eigenvalue weighted by atomic mass is 16.4. The minimum absolute atomic E-state index is 0.0136. The summed E-state index contributed by atoms with van der Waals surface area (Å²) in [6, 6.07) is -23.2. The molecule has 126 heavy (non-hydrogen) atoms. The van der Waals surface area contributed by atoms with Gasteiger partial charge in [-0.25, -0.2) is 4.79 Å². The monoisotopic (exact) mass is 1790 g/mol. The summed E-state index contributed by atoms with van der Waals surface area (Å²) in [5.41, 5.74) is 23.1. The zero-order valence-corrected chi connectivity index (χ0v) is 73.7. The number of carbonyl (C=O) groups is 19. The first kappa shape index (κ1) is 110. The maximum absolute atomic E-state index is 14.5. The molecule has 3 aliphatic rings. The van der Waals surface area contributed by atoms with Gasteiger partial charge in [-0.1, -0.05) is 41.5 Å². The molecule has 0 aliphatic carbocycles. The third-order valence-electron chi connectivity index (χ3n) is 21.7. The van der Waals surface area contributed by atoms with Crippen molar-refractivity contribution in [3.05, 3.63) is 0 Å². The lowest BCUT2D eigenvalue weighted by molar-refractivity contribution is -0.150. The second kappa shape index (κ2) is 57.4. The number of carboxylic acids is 4. The number of carboxylic acid groups (broad SMARTS) is 4. The van der Waals surface area contributed by atoms with Crippen molar-refractivity contribution >= 4 is 112 Å². The number of hydrogen-bond donors (Lipinski definition) is 24. The quantitative estimate of drug-likeness (QED) is 0.0252. The van der Waals surface area contributed by atoms with Crippen LogP contribution in [-0.2, 0) is 91.1 Å². The molecule has 714 valence electrons. The van der Waals surface area contributed by atoms with E-state index in [1.165, 1.54) is 32.6 Å². The van der Waals surface area contributed by atoms with Gasteiger partial charge in [-0.15, -0.1) is 0 Å². The number of aliphatic hydroxyl groups excluding tert-OH is 2. The summed E-state index contributed by atoms with van der Waals surface area (Å²) in [6.45, 7) is 12.6. The minimum Gasteiger partial charge on any atom is -0.481 e. The topological polar surface area (TPSA) is 725 Å². The second-order valence-electron chi connectivity index (χ2n) is 33.5. The summed E-state index contributed by atoms with van der Waals surface area (Å²) in [5.74, 6) is -21.1. The molecule has 0 aromatic carbocycles. The predicted octanol–water partition coefficient (Wildman–Crippen LogP) is -5.64. The highest BCUT2D eigenvalue weighted by Crippen LogP contribution is 2.24. The normalized spacial score (nSPS) is 18.3. The van der Waals surface area contributed by atoms with Crippen LogP contribution in [0.4, 0.5) is 0 Å². The predicted molar refractivity (Wildman–Crippen MR) is 454 cm³/mol. The average molecular weight is 1790 g/mol. The molecule has 15 amide bonds. The van der Waals surface area contributed by atoms with E-state index in [4.69, 9.17) is 22.9 Å². The number of amides is 15. The highest BCUT2D eigenvalue weighted by Gasteiger charge is 2.44. The van der Waals surface area contributed by atoms with Gasteiger partial charge in [0.2, 0.25) is 88.6 Å². The summed E-state index contributed by atoms with van der Waals surface area (Å²) in [4.78, 5) is 263. The Morgan fingerprint density at radius 2 is 0.683 bits per heavy atom. The number of nitrogens with zero attached hydrogens (tertiary/aromatic N) is 2. The lowest BCUT2D eigenvalue weighted by atomic mass is 10.00. The van der Waals surface area contributed by atoms with E-state index in [-0.39, 0.29) is 128 Å². The van der Waals surface area contributed by atoms with Crippen molar-refractivity contribution in [2.75, 3.05) is 52.4 Å². The number of hydrogen-bond acceptors (Lipinski definition) is 26. The summed E-state index contributed by atoms with van der Waals surface area (Å²) in [6.07, 6.45) is -1.09. The zero-order chi connectivity index (χ0) is 94.6. The summed E-state index contributed by atoms with van der Waals surface area (Å²) in [7, 11) is 0. The standard InChI is InChI=1S/C81H140N20O25/c1-43(2)40-56(96-76(120)58(42-102)97-69(113)50(21-10-14-34-83)90-70(114)53(28-31-62(106)107)92-77(121)59-25-18-38-100(59)79(123)55(23-12-16-36-85)94-67(111)48-24-17-37-86-48)74(118)87-46(7)66(110)88-51(22-11-15-35-84)73(117)98-64(45(5)6)78(122)93-54(29-32-63(108)109)71(115)89-49(20-9-13-33-82)68(112)91-52(27-30-61(104)105)72(116)95-57(41-44(3)4)75(119)99-65(47(8)103)80(124)101-39-19-26-60(101)81(125)126/h43-60,64-65,86,102-103H,9-42,82-85H2,1-8H3,(H,87,118)(H,88,110)(H,89,115)(H,90,114)(H,91,112)(H,92,121)(H,93,122)(H,94,111)(H,95,116)(H,96,120)(H,97,113)(H,98,117)(H,99,119)(H,104,105)(H,106,107)(H,108,109)(H,125,126)/t46-,47+,48-,49-,50-,51-,52-,53-,54-,55-,56-,57-,58-,59-,60-,64-,65-/m0/s1. The van der Waals surface area contributed by atoms with Crippen LogP contribution in [0.25, 0.3) is 0 Å². The van der Waals surface area contributed by atoms with Crippen LogP contribution >= 0.6 is 0 Å². The molecule has 17 atom stereocenters. The number of likely N-dealkylation sites (tertiary alicyclic amines) is 2. The van der Waals surface area contributed by atoms with E-state index in [1.807, 2.05) is 0 Å². The molecule has 3 aliphatic heterocycles. The Kier molecular flexibility index (Phi) is 50.0. The largest absolute Gasteiger partial charge is 0.481 e. The van der Waals surface area contributed by atoms with E-state index in [0.29, 0.717) is 58.0 Å². The first-order valence-corrected chi connectivity index (χ1v) is 43.8. The Labute approximate surface area is 733 Å². The van der Waals surface area contributed by atoms with E-state index in [2.05, 4.69) is 74.4 Å². The second-order valence-corrected chi connectivity index (χ2v) is 33.5. The molecule has 0 spiro atoms. The SMILES string of the molecule is CC(C)C[C@H](NC(=O)[C@H](CO)NC(=O)[C@H](CCCCN)NC(=O)[C@H](CCC(=O)O)NC(=O)[C@@H]1CCCN1C(=O)[C@H](CCCCN)NC(=O)[C@@H]1CCCN1)C(=O)N[C@@H](C)C(=O)N[C@@H](CCCCN)C(=O)N[C@H](C(=O)N[C@@H](CCC(=O)O)C(=O)N[C@@H](CCCCN)C(=O)N[C@@H](CCC(=O)O)C(=O)N[C@@H](CC(C)C)C(=O)N[C@H](C(=O)N1CCC[C@H]1C(=O)O)[C@@H](C)O)C(C)C. The Balaban J connectivity index is 1.85. The third-order valence-corrected chi connectivity index (χ3v) is 21.7. The third kappa shape index (κ3) is 38.5. The Hall–Kier alpha value is -10.3. The number of aliphatic hydroxyl groups is 2. The van der Waals surface area contributed by atoms with Crippen LogP contribution in [0.5, 0.6) is 0 Å². The molecule has 0 radical (unpaired) electrons. The van der Waals surface area contributed by atoms with Crippen LogP contribution in [0.15, 0.2) is 0 Å². The lowest BCUT2D eigenvalue weighted by Gasteiger charge is -2.31. The first-order valence-electron chi connectivity index (χ1n) is 43.8. The van der Waals surface area contributed by atoms with Crippen LogP contribution in [0.3, 0.4) is 0 Å². The van der Waals surface area contributed by atoms with E-state index in [9.17, 15) is 122 Å². The van der Waals surface area contributed by atoms with Crippen molar-refractivity contribution in [2.24, 2.45) is 40.7 Å². The van der Waals surface area contributed by atoms with Gasteiger partial charge in [-0.2, -0.15) is 0 Å². The number of nitrogens with one attached hydrogen (secondary N) is 14. The molecule has 28 N–H and O–H groups in total. The van der Waals surface area contributed by atoms with Gasteiger partial charge in [0.25, 0.3) is 0 Å². The van der Waals surface area contributed by atoms with Gasteiger partial charge in [0.05, 0.1) is 18.8 Å². The maximum Gasteiger partial charge on any atom is 0.326 e. The van der Waals surface area contributed by atoms with Gasteiger partial charge in [-0.3, -0.25) is 86.3 Å². The van der Waals surface area contributed by atoms with Crippen LogP contribution in [-0.4, -0.2) is 308 Å². The Morgan fingerprint density at radius 3 is 1.06 bits per heavy atom. The summed E-state index contributed by atoms with van der Waals surface area (Å²) < 4.78 is 0. The molecule has 0 aromatic heterocycles. The minimum atomic E-state index is -1.82. The lowest BCUT2D eigenvalue weighted by Crippen LogP contribution is -2.61. The molecule has 0 aromatic rings. The Bertz CT molecular complexity index is 3640. The van der Waals surface area contributed by atoms with Gasteiger partial charge < -0.3 is 138 Å². The van der Waals surface area contributed by atoms with Gasteiger partial charge in [0.1, 0.15) is 90.6 Å². The number of unbranched alkanes of at least 4 members (excludes halogenated alkanes) is 4. The van der Waals surface area contributed by atoms with Crippen molar-refractivity contribution in [1.82, 2.24) is 84.2 Å². The molecule has 3 saturated heterocycles. The zero-order valence-electron chi connectivity index (χ0n) is 73.7. The van der Waals surface area contributed by atoms with Crippen molar-refractivity contribution < 1.29 is 122 Å². The fraction of sp³-hybridized carbons (Fsp3) is 0.765. The average Bonchev–Trinajstić information content (AvgIpc) is 1.67. The highest BCUT2D eigenvalue weighted by molar-refractivity contribution is 6.01. The van der Waals surface area contributed by atoms with Crippen LogP contribution < -0.4 is 97.4 Å². The van der Waals surface area contributed by atoms with Crippen molar-refractivity contribution in [3.8, 4) is 0 Å². The molecule has 45 heteroatoms. The molecule has 0 unspecified atom stereocenters. The van der Waals surface area contributed by atoms with Crippen molar-refractivity contribution in [3.63, 3.8) is 0 Å². The molecule has 3 heterocycles. The number of carbonyl (C=O) groups excluding carboxylic acids is 15. The molecule has 3 rings (SSSR count). The molecule has 3 fully saturated rings. The van der Waals surface area contributed by atoms with Gasteiger partial charge in [-0.05, 0) is 212 Å². The van der Waals surface area contributed by atoms with Crippen LogP contribution in [0, 0.1) is 17.8 Å². The fourth-order valence-corrected chi connectivity index (χ4v) is 14.7. The first-order chi connectivity index (χ1) is 59.5. The van der Waals surface area contributed by atoms with Crippen LogP contribution in [0.2, 0.25) is 0 Å². The van der Waals surface area contributed by atoms with Crippen molar-refractivity contribution in [2.45, 2.75) is 325 Å². The molecule has 0 bridgehead atoms. The summed E-state index contributed by atoms with van der Waals surface area (Å²) >= 11 is 0. The van der Waals surface area contributed by atoms with E-state index < -0.39 is 260 Å². The molecular formula is C81H140N20O25. The fourth-order valence-electron chi connectivity index (χ4n) is 14.7. The number of aliphatic carboxylic acids is 4. The van der Waals surface area contributed by atoms with Crippen LogP contribution in [0.1, 0.15) is 222 Å². The molecular weight excluding hydrogens is 1650 g/mol. The van der Waals surface area contributed by atoms with E-state index in [1.54, 1.807) is 27.7 Å². The number of rotatable bonds is 61. The summed E-state index contributed by atoms with van der Waals surface area (Å²) in [5, 5.41) is 96.2. The smallest absolute Gasteiger partial charge is 0.326 e. The van der Waals surface area contributed by atoms with Gasteiger partial charge in [0.15, 0.2) is 0 Å². The van der Waals surface area contributed by atoms with Gasteiger partial charge in [0, 0.05) is 32.4 Å².